The lowest BCUT2D eigenvalue weighted by Crippen LogP contribution is -2.39. The summed E-state index contributed by atoms with van der Waals surface area (Å²) in [5.74, 6) is -0.0440. The molecule has 0 aliphatic heterocycles. The average molecular weight is 395 g/mol. The number of hydrogen-bond donors (Lipinski definition) is 1. The summed E-state index contributed by atoms with van der Waals surface area (Å²) in [4.78, 5) is 14.9. The van der Waals surface area contributed by atoms with Crippen molar-refractivity contribution >= 4 is 11.6 Å². The van der Waals surface area contributed by atoms with Crippen LogP contribution in [0, 0.1) is 27.7 Å². The molecule has 3 rings (SSSR count). The molecule has 1 amide bonds. The number of carbonyl (C=O) groups excluding carboxylic acids is 1. The molecular formula is C22H30N6O. The molecule has 0 spiro atoms. The molecule has 1 aromatic carbocycles. The van der Waals surface area contributed by atoms with Crippen molar-refractivity contribution in [1.82, 2.24) is 24.5 Å². The minimum atomic E-state index is -0.298. The van der Waals surface area contributed by atoms with E-state index in [1.54, 1.807) is 4.68 Å². The van der Waals surface area contributed by atoms with Gasteiger partial charge in [0.1, 0.15) is 0 Å². The molecule has 154 valence electrons. The topological polar surface area (TPSA) is 68.0 Å². The Bertz CT molecular complexity index is 1020. The Morgan fingerprint density at radius 2 is 1.72 bits per heavy atom. The maximum atomic E-state index is 12.8. The van der Waals surface area contributed by atoms with Gasteiger partial charge >= 0.3 is 0 Å². The molecule has 7 heteroatoms. The summed E-state index contributed by atoms with van der Waals surface area (Å²) in [6.07, 6.45) is 0. The standard InChI is InChI=1S/C22H30N6O/c1-14-20(16(3)28(25-14)19-11-9-8-10-12-19)13-26(6)18(5)22(29)23-21-15(2)24-27(7)17(21)4/h8-12,18H,13H2,1-7H3,(H,23,29). The van der Waals surface area contributed by atoms with Crippen LogP contribution in [-0.2, 0) is 18.4 Å². The lowest BCUT2D eigenvalue weighted by Gasteiger charge is -2.24. The van der Waals surface area contributed by atoms with Gasteiger partial charge in [-0.2, -0.15) is 10.2 Å². The number of para-hydroxylation sites is 1. The van der Waals surface area contributed by atoms with Gasteiger partial charge < -0.3 is 5.32 Å². The zero-order valence-corrected chi connectivity index (χ0v) is 18.3. The van der Waals surface area contributed by atoms with Crippen molar-refractivity contribution in [1.29, 1.82) is 0 Å². The van der Waals surface area contributed by atoms with Gasteiger partial charge in [-0.3, -0.25) is 14.4 Å². The van der Waals surface area contributed by atoms with Crippen molar-refractivity contribution in [2.24, 2.45) is 7.05 Å². The van der Waals surface area contributed by atoms with Gasteiger partial charge in [0.2, 0.25) is 5.91 Å². The second-order valence-electron chi connectivity index (χ2n) is 7.65. The molecule has 1 atom stereocenters. The second kappa shape index (κ2) is 8.21. The summed E-state index contributed by atoms with van der Waals surface area (Å²) in [5, 5.41) is 12.1. The third-order valence-electron chi connectivity index (χ3n) is 5.65. The summed E-state index contributed by atoms with van der Waals surface area (Å²) in [6, 6.07) is 9.80. The van der Waals surface area contributed by atoms with E-state index in [1.807, 2.05) is 81.7 Å². The van der Waals surface area contributed by atoms with Crippen LogP contribution in [-0.4, -0.2) is 43.5 Å². The maximum absolute atomic E-state index is 12.8. The summed E-state index contributed by atoms with van der Waals surface area (Å²) in [5.41, 5.74) is 6.81. The number of benzene rings is 1. The smallest absolute Gasteiger partial charge is 0.241 e. The molecule has 29 heavy (non-hydrogen) atoms. The summed E-state index contributed by atoms with van der Waals surface area (Å²) >= 11 is 0. The van der Waals surface area contributed by atoms with Gasteiger partial charge in [-0.25, -0.2) is 4.68 Å². The number of amides is 1. The molecule has 1 N–H and O–H groups in total. The SMILES string of the molecule is Cc1nn(-c2ccccc2)c(C)c1CN(C)C(C)C(=O)Nc1c(C)nn(C)c1C. The molecule has 0 saturated heterocycles. The van der Waals surface area contributed by atoms with E-state index in [1.165, 1.54) is 0 Å². The van der Waals surface area contributed by atoms with Gasteiger partial charge in [0, 0.05) is 24.8 Å². The van der Waals surface area contributed by atoms with Gasteiger partial charge in [-0.15, -0.1) is 0 Å². The number of likely N-dealkylation sites (N-methyl/N-ethyl adjacent to an activating group) is 1. The molecule has 3 aromatic rings. The van der Waals surface area contributed by atoms with Crippen molar-refractivity contribution in [3.05, 3.63) is 58.7 Å². The lowest BCUT2D eigenvalue weighted by molar-refractivity contribution is -0.120. The Kier molecular flexibility index (Phi) is 5.88. The first-order chi connectivity index (χ1) is 13.7. The van der Waals surface area contributed by atoms with Crippen LogP contribution in [0.1, 0.15) is 35.3 Å². The van der Waals surface area contributed by atoms with E-state index >= 15 is 0 Å². The van der Waals surface area contributed by atoms with E-state index in [4.69, 9.17) is 5.10 Å². The molecule has 1 unspecified atom stereocenters. The number of rotatable bonds is 6. The molecule has 0 radical (unpaired) electrons. The second-order valence-corrected chi connectivity index (χ2v) is 7.65. The van der Waals surface area contributed by atoms with Crippen LogP contribution in [0.4, 0.5) is 5.69 Å². The number of anilines is 1. The van der Waals surface area contributed by atoms with Gasteiger partial charge in [-0.05, 0) is 53.8 Å². The number of aryl methyl sites for hydroxylation is 3. The minimum Gasteiger partial charge on any atom is -0.322 e. The highest BCUT2D eigenvalue weighted by atomic mass is 16.2. The van der Waals surface area contributed by atoms with Crippen LogP contribution in [0.3, 0.4) is 0 Å². The molecular weight excluding hydrogens is 364 g/mol. The minimum absolute atomic E-state index is 0.0440. The lowest BCUT2D eigenvalue weighted by atomic mass is 10.1. The highest BCUT2D eigenvalue weighted by molar-refractivity contribution is 5.95. The van der Waals surface area contributed by atoms with Crippen molar-refractivity contribution < 1.29 is 4.79 Å². The van der Waals surface area contributed by atoms with Crippen LogP contribution in [0.2, 0.25) is 0 Å². The number of carbonyl (C=O) groups is 1. The molecule has 0 fully saturated rings. The Labute approximate surface area is 172 Å². The zero-order chi connectivity index (χ0) is 21.3. The van der Waals surface area contributed by atoms with Crippen molar-refractivity contribution in [3.63, 3.8) is 0 Å². The predicted octanol–water partition coefficient (Wildman–Crippen LogP) is 3.30. The van der Waals surface area contributed by atoms with E-state index in [0.29, 0.717) is 6.54 Å². The number of nitrogens with one attached hydrogen (secondary N) is 1. The van der Waals surface area contributed by atoms with Crippen LogP contribution in [0.15, 0.2) is 30.3 Å². The predicted molar refractivity (Wildman–Crippen MR) is 115 cm³/mol. The monoisotopic (exact) mass is 394 g/mol. The molecule has 7 nitrogen and oxygen atoms in total. The average Bonchev–Trinajstić information content (AvgIpc) is 3.11. The fourth-order valence-electron chi connectivity index (χ4n) is 3.49. The molecule has 0 aliphatic carbocycles. The highest BCUT2D eigenvalue weighted by Crippen LogP contribution is 2.21. The summed E-state index contributed by atoms with van der Waals surface area (Å²) in [7, 11) is 3.84. The third kappa shape index (κ3) is 4.10. The van der Waals surface area contributed by atoms with Crippen LogP contribution < -0.4 is 5.32 Å². The molecule has 0 aliphatic rings. The summed E-state index contributed by atoms with van der Waals surface area (Å²) < 4.78 is 3.75. The number of aromatic nitrogens is 4. The van der Waals surface area contributed by atoms with Crippen LogP contribution in [0.25, 0.3) is 5.69 Å². The van der Waals surface area contributed by atoms with E-state index in [0.717, 1.165) is 39.7 Å². The van der Waals surface area contributed by atoms with E-state index in [-0.39, 0.29) is 11.9 Å². The first-order valence-electron chi connectivity index (χ1n) is 9.82. The molecule has 2 heterocycles. The van der Waals surface area contributed by atoms with Crippen LogP contribution >= 0.6 is 0 Å². The van der Waals surface area contributed by atoms with Gasteiger partial charge in [-0.1, -0.05) is 18.2 Å². The van der Waals surface area contributed by atoms with Crippen LogP contribution in [0.5, 0.6) is 0 Å². The number of hydrogen-bond acceptors (Lipinski definition) is 4. The maximum Gasteiger partial charge on any atom is 0.241 e. The van der Waals surface area contributed by atoms with Crippen molar-refractivity contribution in [2.45, 2.75) is 47.2 Å². The Morgan fingerprint density at radius 1 is 1.07 bits per heavy atom. The van der Waals surface area contributed by atoms with Gasteiger partial charge in [0.25, 0.3) is 0 Å². The largest absolute Gasteiger partial charge is 0.322 e. The first-order valence-corrected chi connectivity index (χ1v) is 9.82. The van der Waals surface area contributed by atoms with Crippen molar-refractivity contribution in [3.8, 4) is 5.69 Å². The fraction of sp³-hybridized carbons (Fsp3) is 0.409. The fourth-order valence-corrected chi connectivity index (χ4v) is 3.49. The van der Waals surface area contributed by atoms with Gasteiger partial charge in [0.05, 0.1) is 34.5 Å². The highest BCUT2D eigenvalue weighted by Gasteiger charge is 2.23. The normalized spacial score (nSPS) is 12.4. The molecule has 0 bridgehead atoms. The Hall–Kier alpha value is -2.93. The number of nitrogens with zero attached hydrogens (tertiary/aromatic N) is 5. The van der Waals surface area contributed by atoms with Crippen molar-refractivity contribution in [2.75, 3.05) is 12.4 Å². The van der Waals surface area contributed by atoms with E-state index < -0.39 is 0 Å². The third-order valence-corrected chi connectivity index (χ3v) is 5.65. The molecule has 0 saturated carbocycles. The van der Waals surface area contributed by atoms with E-state index in [9.17, 15) is 4.79 Å². The first kappa shape index (κ1) is 20.8. The quantitative estimate of drug-likeness (QED) is 0.697. The zero-order valence-electron chi connectivity index (χ0n) is 18.3. The van der Waals surface area contributed by atoms with Gasteiger partial charge in [0.15, 0.2) is 0 Å². The molecule has 2 aromatic heterocycles. The van der Waals surface area contributed by atoms with E-state index in [2.05, 4.69) is 17.3 Å². The Morgan fingerprint density at radius 3 is 2.31 bits per heavy atom. The Balaban J connectivity index is 1.75. The summed E-state index contributed by atoms with van der Waals surface area (Å²) in [6.45, 7) is 10.5.